The Bertz CT molecular complexity index is 115. The van der Waals surface area contributed by atoms with E-state index >= 15 is 0 Å². The summed E-state index contributed by atoms with van der Waals surface area (Å²) in [6.07, 6.45) is 7.40. The van der Waals surface area contributed by atoms with Crippen molar-refractivity contribution in [2.45, 2.75) is 32.1 Å². The van der Waals surface area contributed by atoms with Gasteiger partial charge in [-0.05, 0) is 43.6 Å². The Morgan fingerprint density at radius 2 is 1.55 bits per heavy atom. The zero-order chi connectivity index (χ0) is 6.97. The molecule has 2 rings (SSSR count). The largest absolute Gasteiger partial charge is 0.330 e. The molecular formula is C9H18ClN. The van der Waals surface area contributed by atoms with Gasteiger partial charge < -0.3 is 5.73 Å². The predicted octanol–water partition coefficient (Wildman–Crippen LogP) is 2.19. The van der Waals surface area contributed by atoms with Crippen LogP contribution in [0.3, 0.4) is 0 Å². The minimum atomic E-state index is 0. The molecule has 0 radical (unpaired) electrons. The average Bonchev–Trinajstić information content (AvgIpc) is 2.30. The summed E-state index contributed by atoms with van der Waals surface area (Å²) in [5.74, 6) is 3.01. The Labute approximate surface area is 75.1 Å². The van der Waals surface area contributed by atoms with E-state index in [1.165, 1.54) is 32.1 Å². The van der Waals surface area contributed by atoms with Gasteiger partial charge in [0.15, 0.2) is 0 Å². The lowest BCUT2D eigenvalue weighted by atomic mass is 9.81. The van der Waals surface area contributed by atoms with Crippen molar-refractivity contribution in [1.82, 2.24) is 0 Å². The van der Waals surface area contributed by atoms with Crippen molar-refractivity contribution < 1.29 is 0 Å². The molecule has 2 N–H and O–H groups in total. The fraction of sp³-hybridized carbons (Fsp3) is 1.00. The molecule has 2 saturated carbocycles. The quantitative estimate of drug-likeness (QED) is 0.650. The van der Waals surface area contributed by atoms with Crippen LogP contribution in [0.15, 0.2) is 0 Å². The van der Waals surface area contributed by atoms with Crippen LogP contribution in [0.2, 0.25) is 0 Å². The molecule has 1 nitrogen and oxygen atoms in total. The van der Waals surface area contributed by atoms with Gasteiger partial charge in [-0.2, -0.15) is 0 Å². The molecule has 2 unspecified atom stereocenters. The lowest BCUT2D eigenvalue weighted by Gasteiger charge is -2.26. The molecule has 0 spiro atoms. The highest BCUT2D eigenvalue weighted by atomic mass is 35.5. The molecule has 11 heavy (non-hydrogen) atoms. The van der Waals surface area contributed by atoms with Crippen LogP contribution < -0.4 is 5.73 Å². The van der Waals surface area contributed by atoms with E-state index in [0.29, 0.717) is 0 Å². The Hall–Kier alpha value is 0.250. The van der Waals surface area contributed by atoms with Crippen molar-refractivity contribution in [1.29, 1.82) is 0 Å². The van der Waals surface area contributed by atoms with Crippen LogP contribution in [0.25, 0.3) is 0 Å². The molecule has 66 valence electrons. The zero-order valence-electron chi connectivity index (χ0n) is 6.96. The fourth-order valence-corrected chi connectivity index (χ4v) is 2.84. The molecule has 0 aliphatic heterocycles. The van der Waals surface area contributed by atoms with Crippen molar-refractivity contribution in [2.75, 3.05) is 6.54 Å². The van der Waals surface area contributed by atoms with Gasteiger partial charge in [-0.15, -0.1) is 12.4 Å². The molecule has 0 heterocycles. The third-order valence-corrected chi connectivity index (χ3v) is 3.32. The molecule has 0 aromatic rings. The second-order valence-electron chi connectivity index (χ2n) is 4.12. The van der Waals surface area contributed by atoms with Crippen molar-refractivity contribution in [3.8, 4) is 0 Å². The molecule has 2 heteroatoms. The SMILES string of the molecule is Cl.NCC1CC2CCC(C1)C2. The van der Waals surface area contributed by atoms with Gasteiger partial charge in [-0.25, -0.2) is 0 Å². The van der Waals surface area contributed by atoms with Gasteiger partial charge >= 0.3 is 0 Å². The topological polar surface area (TPSA) is 26.0 Å². The van der Waals surface area contributed by atoms with Crippen molar-refractivity contribution in [3.63, 3.8) is 0 Å². The number of nitrogens with two attached hydrogens (primary N) is 1. The maximum atomic E-state index is 5.66. The van der Waals surface area contributed by atoms with Crippen LogP contribution in [0.5, 0.6) is 0 Å². The molecule has 2 bridgehead atoms. The number of hydrogen-bond acceptors (Lipinski definition) is 1. The summed E-state index contributed by atoms with van der Waals surface area (Å²) in [4.78, 5) is 0. The normalized spacial score (nSPS) is 41.7. The second kappa shape index (κ2) is 3.77. The molecule has 2 aliphatic carbocycles. The molecule has 2 aliphatic rings. The standard InChI is InChI=1S/C9H17N.ClH/c10-6-9-4-7-1-2-8(3-7)5-9;/h7-9H,1-6,10H2;1H. The maximum Gasteiger partial charge on any atom is -0.00487 e. The van der Waals surface area contributed by atoms with Gasteiger partial charge in [-0.3, -0.25) is 0 Å². The summed E-state index contributed by atoms with van der Waals surface area (Å²) < 4.78 is 0. The molecule has 0 aromatic carbocycles. The molecule has 2 fully saturated rings. The fourth-order valence-electron chi connectivity index (χ4n) is 2.84. The van der Waals surface area contributed by atoms with E-state index in [1.54, 1.807) is 0 Å². The maximum absolute atomic E-state index is 5.66. The first kappa shape index (κ1) is 9.34. The lowest BCUT2D eigenvalue weighted by Crippen LogP contribution is -2.22. The minimum absolute atomic E-state index is 0. The van der Waals surface area contributed by atoms with E-state index in [9.17, 15) is 0 Å². The highest BCUT2D eigenvalue weighted by Gasteiger charge is 2.32. The third-order valence-electron chi connectivity index (χ3n) is 3.32. The van der Waals surface area contributed by atoms with Gasteiger partial charge in [0.25, 0.3) is 0 Å². The van der Waals surface area contributed by atoms with Crippen LogP contribution in [0, 0.1) is 17.8 Å². The van der Waals surface area contributed by atoms with Gasteiger partial charge in [0.05, 0.1) is 0 Å². The van der Waals surface area contributed by atoms with E-state index < -0.39 is 0 Å². The number of rotatable bonds is 1. The molecule has 0 amide bonds. The smallest absolute Gasteiger partial charge is 0.00487 e. The van der Waals surface area contributed by atoms with Crippen LogP contribution in [0.4, 0.5) is 0 Å². The zero-order valence-corrected chi connectivity index (χ0v) is 7.78. The van der Waals surface area contributed by atoms with Crippen LogP contribution in [-0.4, -0.2) is 6.54 Å². The number of fused-ring (bicyclic) bond motifs is 2. The third kappa shape index (κ3) is 1.88. The Balaban J connectivity index is 0.000000605. The van der Waals surface area contributed by atoms with Gasteiger partial charge in [0, 0.05) is 0 Å². The highest BCUT2D eigenvalue weighted by Crippen LogP contribution is 2.44. The van der Waals surface area contributed by atoms with Crippen molar-refractivity contribution in [2.24, 2.45) is 23.5 Å². The number of hydrogen-bond donors (Lipinski definition) is 1. The van der Waals surface area contributed by atoms with E-state index in [4.69, 9.17) is 5.73 Å². The lowest BCUT2D eigenvalue weighted by molar-refractivity contribution is 0.267. The van der Waals surface area contributed by atoms with Crippen LogP contribution >= 0.6 is 12.4 Å². The van der Waals surface area contributed by atoms with E-state index in [1.807, 2.05) is 0 Å². The van der Waals surface area contributed by atoms with Gasteiger partial charge in [0.1, 0.15) is 0 Å². The summed E-state index contributed by atoms with van der Waals surface area (Å²) in [6, 6.07) is 0. The molecule has 0 saturated heterocycles. The van der Waals surface area contributed by atoms with Gasteiger partial charge in [-0.1, -0.05) is 12.8 Å². The second-order valence-corrected chi connectivity index (χ2v) is 4.12. The first-order chi connectivity index (χ1) is 4.88. The van der Waals surface area contributed by atoms with E-state index in [2.05, 4.69) is 0 Å². The first-order valence-corrected chi connectivity index (χ1v) is 4.58. The number of halogens is 1. The predicted molar refractivity (Wildman–Crippen MR) is 49.9 cm³/mol. The summed E-state index contributed by atoms with van der Waals surface area (Å²) in [5.41, 5.74) is 5.66. The highest BCUT2D eigenvalue weighted by molar-refractivity contribution is 5.85. The van der Waals surface area contributed by atoms with Crippen LogP contribution in [-0.2, 0) is 0 Å². The van der Waals surface area contributed by atoms with Crippen molar-refractivity contribution >= 4 is 12.4 Å². The van der Waals surface area contributed by atoms with Crippen molar-refractivity contribution in [3.05, 3.63) is 0 Å². The average molecular weight is 176 g/mol. The van der Waals surface area contributed by atoms with Gasteiger partial charge in [0.2, 0.25) is 0 Å². The summed E-state index contributed by atoms with van der Waals surface area (Å²) in [7, 11) is 0. The minimum Gasteiger partial charge on any atom is -0.330 e. The van der Waals surface area contributed by atoms with E-state index in [0.717, 1.165) is 24.3 Å². The molecule has 0 aromatic heterocycles. The Morgan fingerprint density at radius 1 is 1.00 bits per heavy atom. The molecular weight excluding hydrogens is 158 g/mol. The molecule has 2 atom stereocenters. The van der Waals surface area contributed by atoms with Crippen LogP contribution in [0.1, 0.15) is 32.1 Å². The first-order valence-electron chi connectivity index (χ1n) is 4.58. The summed E-state index contributed by atoms with van der Waals surface area (Å²) in [6.45, 7) is 0.938. The summed E-state index contributed by atoms with van der Waals surface area (Å²) in [5, 5.41) is 0. The Morgan fingerprint density at radius 3 is 2.00 bits per heavy atom. The van der Waals surface area contributed by atoms with E-state index in [-0.39, 0.29) is 12.4 Å². The Kier molecular flexibility index (Phi) is 3.20. The monoisotopic (exact) mass is 175 g/mol. The summed E-state index contributed by atoms with van der Waals surface area (Å²) >= 11 is 0.